The van der Waals surface area contributed by atoms with Crippen LogP contribution in [0.15, 0.2) is 24.3 Å². The molecule has 0 bridgehead atoms. The van der Waals surface area contributed by atoms with Crippen LogP contribution >= 0.6 is 0 Å². The van der Waals surface area contributed by atoms with Gasteiger partial charge in [0.25, 0.3) is 0 Å². The number of hydrogen-bond acceptors (Lipinski definition) is 3. The maximum Gasteiger partial charge on any atom is 0.319 e. The van der Waals surface area contributed by atoms with Crippen molar-refractivity contribution in [3.05, 3.63) is 24.3 Å². The molecule has 0 aliphatic rings. The molecule has 128 valence electrons. The fourth-order valence-corrected chi connectivity index (χ4v) is 1.76. The van der Waals surface area contributed by atoms with Crippen molar-refractivity contribution >= 4 is 17.6 Å². The van der Waals surface area contributed by atoms with E-state index in [2.05, 4.69) is 24.5 Å². The zero-order valence-electron chi connectivity index (χ0n) is 14.4. The Hall–Kier alpha value is -2.24. The van der Waals surface area contributed by atoms with E-state index in [1.165, 1.54) is 4.90 Å². The van der Waals surface area contributed by atoms with Gasteiger partial charge in [0.1, 0.15) is 5.75 Å². The van der Waals surface area contributed by atoms with Gasteiger partial charge >= 0.3 is 6.03 Å². The number of anilines is 1. The molecule has 1 aromatic rings. The Morgan fingerprint density at radius 3 is 2.65 bits per heavy atom. The minimum absolute atomic E-state index is 0.0224. The highest BCUT2D eigenvalue weighted by molar-refractivity contribution is 5.89. The van der Waals surface area contributed by atoms with Gasteiger partial charge in [0.2, 0.25) is 5.91 Å². The van der Waals surface area contributed by atoms with Crippen LogP contribution in [-0.4, -0.2) is 44.1 Å². The topological polar surface area (TPSA) is 70.7 Å². The molecule has 0 atom stereocenters. The van der Waals surface area contributed by atoms with E-state index in [4.69, 9.17) is 4.74 Å². The van der Waals surface area contributed by atoms with Crippen molar-refractivity contribution < 1.29 is 14.3 Å². The first-order valence-corrected chi connectivity index (χ1v) is 7.86. The summed E-state index contributed by atoms with van der Waals surface area (Å²) in [4.78, 5) is 24.7. The second kappa shape index (κ2) is 9.71. The van der Waals surface area contributed by atoms with E-state index < -0.39 is 0 Å². The molecular weight excluding hydrogens is 294 g/mol. The number of carbonyl (C=O) groups is 2. The van der Waals surface area contributed by atoms with Gasteiger partial charge in [0, 0.05) is 38.8 Å². The Kier molecular flexibility index (Phi) is 7.94. The molecule has 1 aromatic carbocycles. The quantitative estimate of drug-likeness (QED) is 0.773. The first kappa shape index (κ1) is 18.8. The molecule has 2 N–H and O–H groups in total. The number of amides is 3. The number of benzene rings is 1. The van der Waals surface area contributed by atoms with Gasteiger partial charge in [-0.3, -0.25) is 4.79 Å². The summed E-state index contributed by atoms with van der Waals surface area (Å²) in [6, 6.07) is 6.93. The van der Waals surface area contributed by atoms with E-state index in [-0.39, 0.29) is 18.4 Å². The average molecular weight is 321 g/mol. The Balaban J connectivity index is 2.38. The Morgan fingerprint density at radius 1 is 1.26 bits per heavy atom. The minimum atomic E-state index is -0.337. The third-order valence-electron chi connectivity index (χ3n) is 3.18. The summed E-state index contributed by atoms with van der Waals surface area (Å²) in [5, 5.41) is 5.39. The molecule has 0 saturated carbocycles. The molecule has 0 aliphatic heterocycles. The molecule has 0 unspecified atom stereocenters. The minimum Gasteiger partial charge on any atom is -0.494 e. The van der Waals surface area contributed by atoms with E-state index in [1.54, 1.807) is 26.2 Å². The average Bonchev–Trinajstić information content (AvgIpc) is 2.47. The van der Waals surface area contributed by atoms with Crippen LogP contribution in [0.3, 0.4) is 0 Å². The van der Waals surface area contributed by atoms with Crippen molar-refractivity contribution in [3.63, 3.8) is 0 Å². The summed E-state index contributed by atoms with van der Waals surface area (Å²) in [6.07, 6.45) is 1.26. The Labute approximate surface area is 138 Å². The SMILES string of the molecule is CC(C)CCOc1cccc(NC(=O)NCCC(=O)N(C)C)c1. The van der Waals surface area contributed by atoms with Crippen LogP contribution in [0.1, 0.15) is 26.7 Å². The Morgan fingerprint density at radius 2 is 2.00 bits per heavy atom. The maximum absolute atomic E-state index is 11.8. The third-order valence-corrected chi connectivity index (χ3v) is 3.18. The molecule has 0 spiro atoms. The number of hydrogen-bond donors (Lipinski definition) is 2. The summed E-state index contributed by atoms with van der Waals surface area (Å²) in [7, 11) is 3.38. The second-order valence-corrected chi connectivity index (χ2v) is 5.98. The van der Waals surface area contributed by atoms with E-state index in [0.29, 0.717) is 24.8 Å². The molecule has 6 nitrogen and oxygen atoms in total. The number of nitrogens with one attached hydrogen (secondary N) is 2. The fourth-order valence-electron chi connectivity index (χ4n) is 1.76. The predicted octanol–water partition coefficient (Wildman–Crippen LogP) is 2.71. The summed E-state index contributed by atoms with van der Waals surface area (Å²) in [6.45, 7) is 5.24. The first-order valence-electron chi connectivity index (χ1n) is 7.86. The van der Waals surface area contributed by atoms with Gasteiger partial charge in [-0.25, -0.2) is 4.79 Å². The number of rotatable bonds is 8. The number of carbonyl (C=O) groups excluding carboxylic acids is 2. The van der Waals surface area contributed by atoms with E-state index in [1.807, 2.05) is 12.1 Å². The monoisotopic (exact) mass is 321 g/mol. The lowest BCUT2D eigenvalue weighted by Gasteiger charge is -2.12. The lowest BCUT2D eigenvalue weighted by Crippen LogP contribution is -2.33. The lowest BCUT2D eigenvalue weighted by atomic mass is 10.1. The highest BCUT2D eigenvalue weighted by Gasteiger charge is 2.06. The van der Waals surface area contributed by atoms with Crippen molar-refractivity contribution in [2.75, 3.05) is 32.6 Å². The van der Waals surface area contributed by atoms with Crippen LogP contribution in [0.25, 0.3) is 0 Å². The molecule has 0 saturated heterocycles. The fraction of sp³-hybridized carbons (Fsp3) is 0.529. The maximum atomic E-state index is 11.8. The highest BCUT2D eigenvalue weighted by atomic mass is 16.5. The summed E-state index contributed by atoms with van der Waals surface area (Å²) in [5.41, 5.74) is 0.656. The van der Waals surface area contributed by atoms with Gasteiger partial charge < -0.3 is 20.3 Å². The smallest absolute Gasteiger partial charge is 0.319 e. The largest absolute Gasteiger partial charge is 0.494 e. The first-order chi connectivity index (χ1) is 10.9. The standard InChI is InChI=1S/C17H27N3O3/c1-13(2)9-11-23-15-7-5-6-14(12-15)19-17(22)18-10-8-16(21)20(3)4/h5-7,12-13H,8-11H2,1-4H3,(H2,18,19,22). The van der Waals surface area contributed by atoms with Crippen molar-refractivity contribution in [1.82, 2.24) is 10.2 Å². The number of ether oxygens (including phenoxy) is 1. The van der Waals surface area contributed by atoms with Gasteiger partial charge in [-0.15, -0.1) is 0 Å². The zero-order chi connectivity index (χ0) is 17.2. The molecule has 0 heterocycles. The molecule has 0 radical (unpaired) electrons. The van der Waals surface area contributed by atoms with E-state index in [9.17, 15) is 9.59 Å². The predicted molar refractivity (Wildman–Crippen MR) is 91.7 cm³/mol. The van der Waals surface area contributed by atoms with Crippen molar-refractivity contribution in [3.8, 4) is 5.75 Å². The van der Waals surface area contributed by atoms with Crippen LogP contribution in [0, 0.1) is 5.92 Å². The molecule has 0 aliphatic carbocycles. The zero-order valence-corrected chi connectivity index (χ0v) is 14.4. The van der Waals surface area contributed by atoms with Crippen LogP contribution in [0.2, 0.25) is 0 Å². The van der Waals surface area contributed by atoms with Gasteiger partial charge in [-0.1, -0.05) is 19.9 Å². The molecule has 0 fully saturated rings. The van der Waals surface area contributed by atoms with Crippen LogP contribution < -0.4 is 15.4 Å². The number of urea groups is 1. The normalized spacial score (nSPS) is 10.3. The van der Waals surface area contributed by atoms with Gasteiger partial charge in [0.05, 0.1) is 6.61 Å². The van der Waals surface area contributed by atoms with Crippen LogP contribution in [0.5, 0.6) is 5.75 Å². The van der Waals surface area contributed by atoms with E-state index >= 15 is 0 Å². The summed E-state index contributed by atoms with van der Waals surface area (Å²) in [5.74, 6) is 1.30. The van der Waals surface area contributed by atoms with Crippen LogP contribution in [0.4, 0.5) is 10.5 Å². The summed E-state index contributed by atoms with van der Waals surface area (Å²) < 4.78 is 5.66. The lowest BCUT2D eigenvalue weighted by molar-refractivity contribution is -0.128. The third kappa shape index (κ3) is 8.09. The second-order valence-electron chi connectivity index (χ2n) is 5.98. The molecule has 0 aromatic heterocycles. The highest BCUT2D eigenvalue weighted by Crippen LogP contribution is 2.17. The number of nitrogens with zero attached hydrogens (tertiary/aromatic N) is 1. The van der Waals surface area contributed by atoms with Crippen molar-refractivity contribution in [2.45, 2.75) is 26.7 Å². The molecule has 3 amide bonds. The molecule has 6 heteroatoms. The van der Waals surface area contributed by atoms with Crippen molar-refractivity contribution in [2.24, 2.45) is 5.92 Å². The molecule has 23 heavy (non-hydrogen) atoms. The molecular formula is C17H27N3O3. The van der Waals surface area contributed by atoms with Gasteiger partial charge in [-0.2, -0.15) is 0 Å². The van der Waals surface area contributed by atoms with E-state index in [0.717, 1.165) is 12.2 Å². The summed E-state index contributed by atoms with van der Waals surface area (Å²) >= 11 is 0. The van der Waals surface area contributed by atoms with Gasteiger partial charge in [0.15, 0.2) is 0 Å². The van der Waals surface area contributed by atoms with Crippen molar-refractivity contribution in [1.29, 1.82) is 0 Å². The Bertz CT molecular complexity index is 516. The van der Waals surface area contributed by atoms with Gasteiger partial charge in [-0.05, 0) is 24.5 Å². The van der Waals surface area contributed by atoms with Crippen LogP contribution in [-0.2, 0) is 4.79 Å². The molecule has 1 rings (SSSR count).